The van der Waals surface area contributed by atoms with Crippen molar-refractivity contribution in [3.63, 3.8) is 0 Å². The van der Waals surface area contributed by atoms with E-state index in [1.54, 1.807) is 19.1 Å². The second-order valence-electron chi connectivity index (χ2n) is 6.98. The highest BCUT2D eigenvalue weighted by Crippen LogP contribution is 2.33. The molecule has 2 rings (SSSR count). The lowest BCUT2D eigenvalue weighted by Crippen LogP contribution is -2.44. The Bertz CT molecular complexity index is 636. The minimum atomic E-state index is -4.32. The number of nitrogens with one attached hydrogen (secondary N) is 1. The lowest BCUT2D eigenvalue weighted by Gasteiger charge is -2.34. The summed E-state index contributed by atoms with van der Waals surface area (Å²) in [5, 5.41) is 2.78. The first-order valence-corrected chi connectivity index (χ1v) is 9.48. The Kier molecular flexibility index (Phi) is 7.27. The van der Waals surface area contributed by atoms with Crippen molar-refractivity contribution < 1.29 is 22.8 Å². The number of hydrogen-bond acceptors (Lipinski definition) is 2. The molecular weight excluding hydrogens is 357 g/mol. The van der Waals surface area contributed by atoms with Crippen LogP contribution in [0.3, 0.4) is 0 Å². The van der Waals surface area contributed by atoms with Crippen molar-refractivity contribution in [1.82, 2.24) is 10.2 Å². The van der Waals surface area contributed by atoms with Gasteiger partial charge in [-0.2, -0.15) is 13.2 Å². The van der Waals surface area contributed by atoms with E-state index >= 15 is 0 Å². The van der Waals surface area contributed by atoms with Crippen molar-refractivity contribution in [3.05, 3.63) is 35.4 Å². The standard InChI is InChI=1S/C20H27F3N2O2/c1-3-14(13-24-18(26)4-2)19(27)25-11-9-16(10-12-25)15-5-7-17(8-6-15)20(21,22)23/h5-8,14,16H,3-4,9-13H2,1-2H3,(H,24,26)/t14-/m1/s1. The smallest absolute Gasteiger partial charge is 0.355 e. The van der Waals surface area contributed by atoms with E-state index in [-0.39, 0.29) is 23.7 Å². The Morgan fingerprint density at radius 1 is 1.15 bits per heavy atom. The predicted octanol–water partition coefficient (Wildman–Crippen LogP) is 3.96. The van der Waals surface area contributed by atoms with Crippen LogP contribution in [-0.2, 0) is 15.8 Å². The van der Waals surface area contributed by atoms with E-state index in [0.29, 0.717) is 32.5 Å². The molecule has 1 aliphatic rings. The molecule has 1 atom stereocenters. The highest BCUT2D eigenvalue weighted by atomic mass is 19.4. The summed E-state index contributed by atoms with van der Waals surface area (Å²) < 4.78 is 38.0. The first-order valence-electron chi connectivity index (χ1n) is 9.48. The van der Waals surface area contributed by atoms with E-state index in [1.807, 2.05) is 11.8 Å². The van der Waals surface area contributed by atoms with Crippen LogP contribution < -0.4 is 5.32 Å². The lowest BCUT2D eigenvalue weighted by atomic mass is 9.88. The van der Waals surface area contributed by atoms with E-state index in [9.17, 15) is 22.8 Å². The molecule has 0 spiro atoms. The summed E-state index contributed by atoms with van der Waals surface area (Å²) in [6.07, 6.45) is -1.81. The van der Waals surface area contributed by atoms with Gasteiger partial charge in [0.25, 0.3) is 0 Å². The number of alkyl halides is 3. The molecule has 0 bridgehead atoms. The Morgan fingerprint density at radius 3 is 2.22 bits per heavy atom. The first kappa shape index (κ1) is 21.3. The summed E-state index contributed by atoms with van der Waals surface area (Å²) in [5.74, 6) is -0.0960. The van der Waals surface area contributed by atoms with E-state index in [0.717, 1.165) is 30.5 Å². The molecular formula is C20H27F3N2O2. The topological polar surface area (TPSA) is 49.4 Å². The fourth-order valence-corrected chi connectivity index (χ4v) is 3.40. The molecule has 1 aromatic carbocycles. The van der Waals surface area contributed by atoms with Crippen molar-refractivity contribution >= 4 is 11.8 Å². The Balaban J connectivity index is 1.90. The molecule has 1 heterocycles. The summed E-state index contributed by atoms with van der Waals surface area (Å²) in [6, 6.07) is 5.33. The molecule has 1 aromatic rings. The first-order chi connectivity index (χ1) is 12.8. The number of halogens is 3. The van der Waals surface area contributed by atoms with Crippen LogP contribution in [0.2, 0.25) is 0 Å². The van der Waals surface area contributed by atoms with Crippen molar-refractivity contribution in [1.29, 1.82) is 0 Å². The SMILES string of the molecule is CCC(=O)NC[C@@H](CC)C(=O)N1CCC(c2ccc(C(F)(F)F)cc2)CC1. The quantitative estimate of drug-likeness (QED) is 0.807. The molecule has 1 aliphatic heterocycles. The maximum atomic E-state index is 12.7. The number of nitrogens with zero attached hydrogens (tertiary/aromatic N) is 1. The van der Waals surface area contributed by atoms with Gasteiger partial charge in [-0.1, -0.05) is 26.0 Å². The minimum Gasteiger partial charge on any atom is -0.355 e. The second kappa shape index (κ2) is 9.24. The molecule has 150 valence electrons. The van der Waals surface area contributed by atoms with Gasteiger partial charge in [0.05, 0.1) is 11.5 Å². The van der Waals surface area contributed by atoms with Crippen LogP contribution in [0.1, 0.15) is 56.6 Å². The number of hydrogen-bond donors (Lipinski definition) is 1. The third-order valence-electron chi connectivity index (χ3n) is 5.22. The van der Waals surface area contributed by atoms with Gasteiger partial charge in [0.15, 0.2) is 0 Å². The number of benzene rings is 1. The normalized spacial score (nSPS) is 16.9. The molecule has 1 fully saturated rings. The lowest BCUT2D eigenvalue weighted by molar-refractivity contribution is -0.138. The van der Waals surface area contributed by atoms with Crippen LogP contribution in [-0.4, -0.2) is 36.3 Å². The molecule has 0 radical (unpaired) electrons. The van der Waals surface area contributed by atoms with Crippen LogP contribution in [0.5, 0.6) is 0 Å². The van der Waals surface area contributed by atoms with Crippen LogP contribution in [0.4, 0.5) is 13.2 Å². The number of piperidine rings is 1. The molecule has 4 nitrogen and oxygen atoms in total. The van der Waals surface area contributed by atoms with Gasteiger partial charge in [0, 0.05) is 26.1 Å². The third-order valence-corrected chi connectivity index (χ3v) is 5.22. The van der Waals surface area contributed by atoms with Gasteiger partial charge < -0.3 is 10.2 Å². The fourth-order valence-electron chi connectivity index (χ4n) is 3.40. The molecule has 0 aliphatic carbocycles. The molecule has 0 unspecified atom stereocenters. The van der Waals surface area contributed by atoms with Gasteiger partial charge in [0.1, 0.15) is 0 Å². The second-order valence-corrected chi connectivity index (χ2v) is 6.98. The zero-order valence-electron chi connectivity index (χ0n) is 15.8. The van der Waals surface area contributed by atoms with Gasteiger partial charge in [0.2, 0.25) is 11.8 Å². The van der Waals surface area contributed by atoms with Gasteiger partial charge in [-0.3, -0.25) is 9.59 Å². The van der Waals surface area contributed by atoms with Crippen LogP contribution in [0.25, 0.3) is 0 Å². The zero-order chi connectivity index (χ0) is 20.0. The Morgan fingerprint density at radius 2 is 1.74 bits per heavy atom. The summed E-state index contributed by atoms with van der Waals surface area (Å²) >= 11 is 0. The van der Waals surface area contributed by atoms with Gasteiger partial charge in [-0.05, 0) is 42.9 Å². The Hall–Kier alpha value is -2.05. The van der Waals surface area contributed by atoms with Crippen LogP contribution in [0, 0.1) is 5.92 Å². The highest BCUT2D eigenvalue weighted by molar-refractivity contribution is 5.81. The number of amides is 2. The average Bonchev–Trinajstić information content (AvgIpc) is 2.67. The minimum absolute atomic E-state index is 0.0415. The van der Waals surface area contributed by atoms with Gasteiger partial charge in [-0.15, -0.1) is 0 Å². The fraction of sp³-hybridized carbons (Fsp3) is 0.600. The molecule has 2 amide bonds. The predicted molar refractivity (Wildman–Crippen MR) is 97.1 cm³/mol. The molecule has 7 heteroatoms. The van der Waals surface area contributed by atoms with E-state index < -0.39 is 11.7 Å². The monoisotopic (exact) mass is 384 g/mol. The van der Waals surface area contributed by atoms with Crippen molar-refractivity contribution in [2.75, 3.05) is 19.6 Å². The number of carbonyl (C=O) groups excluding carboxylic acids is 2. The van der Waals surface area contributed by atoms with Gasteiger partial charge in [-0.25, -0.2) is 0 Å². The summed E-state index contributed by atoms with van der Waals surface area (Å²) in [5.41, 5.74) is 0.246. The maximum absolute atomic E-state index is 12.7. The number of rotatable bonds is 6. The van der Waals surface area contributed by atoms with Crippen molar-refractivity contribution in [2.24, 2.45) is 5.92 Å². The zero-order valence-corrected chi connectivity index (χ0v) is 15.8. The van der Waals surface area contributed by atoms with E-state index in [1.165, 1.54) is 0 Å². The van der Waals surface area contributed by atoms with Crippen LogP contribution >= 0.6 is 0 Å². The van der Waals surface area contributed by atoms with Crippen LogP contribution in [0.15, 0.2) is 24.3 Å². The number of likely N-dealkylation sites (tertiary alicyclic amines) is 1. The largest absolute Gasteiger partial charge is 0.416 e. The van der Waals surface area contributed by atoms with Crippen molar-refractivity contribution in [2.45, 2.75) is 51.6 Å². The molecule has 0 aromatic heterocycles. The van der Waals surface area contributed by atoms with E-state index in [2.05, 4.69) is 5.32 Å². The highest BCUT2D eigenvalue weighted by Gasteiger charge is 2.31. The Labute approximate surface area is 158 Å². The number of carbonyl (C=O) groups is 2. The van der Waals surface area contributed by atoms with E-state index in [4.69, 9.17) is 0 Å². The third kappa shape index (κ3) is 5.71. The van der Waals surface area contributed by atoms with Crippen molar-refractivity contribution in [3.8, 4) is 0 Å². The molecule has 1 saturated heterocycles. The molecule has 0 saturated carbocycles. The molecule has 27 heavy (non-hydrogen) atoms. The summed E-state index contributed by atoms with van der Waals surface area (Å²) in [7, 11) is 0. The molecule has 1 N–H and O–H groups in total. The summed E-state index contributed by atoms with van der Waals surface area (Å²) in [6.45, 7) is 5.21. The average molecular weight is 384 g/mol. The maximum Gasteiger partial charge on any atom is 0.416 e. The summed E-state index contributed by atoms with van der Waals surface area (Å²) in [4.78, 5) is 25.9. The van der Waals surface area contributed by atoms with Gasteiger partial charge >= 0.3 is 6.18 Å².